The molecule has 0 atom stereocenters. The van der Waals surface area contributed by atoms with Crippen LogP contribution in [-0.2, 0) is 10.3 Å². The zero-order chi connectivity index (χ0) is 37.3. The number of carbonyl (C=O) groups excluding carboxylic acids is 1. The van der Waals surface area contributed by atoms with Crippen LogP contribution in [0.2, 0.25) is 0 Å². The van der Waals surface area contributed by atoms with E-state index in [2.05, 4.69) is 110 Å². The van der Waals surface area contributed by atoms with Crippen LogP contribution in [0.4, 0.5) is 11.4 Å². The number of fused-ring (bicyclic) bond motifs is 1. The predicted molar refractivity (Wildman–Crippen MR) is 226 cm³/mol. The fourth-order valence-corrected chi connectivity index (χ4v) is 9.07. The first-order valence-electron chi connectivity index (χ1n) is 16.3. The predicted octanol–water partition coefficient (Wildman–Crippen LogP) is 11.5. The molecular formula is C42H36Br4N2O4. The molecule has 0 saturated heterocycles. The van der Waals surface area contributed by atoms with Gasteiger partial charge in [0.25, 0.3) is 0 Å². The SMILES string of the molecule is COc1ccc(/C(=C\C2(/C=C(\c3ccc(OC)cc3)c3ccccc3N(C)C)OC(=O)c3c(Br)c(Br)c(Br)c(Br)c32)c2ccccc2N(C)C)cc1. The Kier molecular flexibility index (Phi) is 11.4. The first-order chi connectivity index (χ1) is 24.9. The molecule has 0 bridgehead atoms. The molecule has 0 radical (unpaired) electrons. The molecule has 1 heterocycles. The molecule has 0 aliphatic carbocycles. The second-order valence-corrected chi connectivity index (χ2v) is 15.8. The third-order valence-corrected chi connectivity index (χ3v) is 13.8. The molecule has 5 aromatic carbocycles. The smallest absolute Gasteiger partial charge is 0.341 e. The molecule has 0 fully saturated rings. The van der Waals surface area contributed by atoms with Crippen LogP contribution in [0, 0.1) is 0 Å². The van der Waals surface area contributed by atoms with E-state index >= 15 is 0 Å². The van der Waals surface area contributed by atoms with Crippen molar-refractivity contribution in [2.45, 2.75) is 5.60 Å². The molecule has 6 rings (SSSR count). The van der Waals surface area contributed by atoms with E-state index < -0.39 is 11.6 Å². The highest BCUT2D eigenvalue weighted by Gasteiger charge is 2.48. The monoisotopic (exact) mass is 948 g/mol. The van der Waals surface area contributed by atoms with Gasteiger partial charge in [-0.15, -0.1) is 0 Å². The summed E-state index contributed by atoms with van der Waals surface area (Å²) in [6, 6.07) is 32.3. The van der Waals surface area contributed by atoms with Gasteiger partial charge in [0.15, 0.2) is 5.60 Å². The van der Waals surface area contributed by atoms with Crippen LogP contribution in [0.25, 0.3) is 11.1 Å². The quantitative estimate of drug-likeness (QED) is 0.0790. The number of rotatable bonds is 10. The number of halogens is 4. The Morgan fingerprint density at radius 2 is 1.00 bits per heavy atom. The van der Waals surface area contributed by atoms with Crippen LogP contribution < -0.4 is 19.3 Å². The van der Waals surface area contributed by atoms with Gasteiger partial charge >= 0.3 is 5.97 Å². The van der Waals surface area contributed by atoms with Crippen LogP contribution in [0.5, 0.6) is 11.5 Å². The number of cyclic esters (lactones) is 1. The lowest BCUT2D eigenvalue weighted by atomic mass is 9.82. The van der Waals surface area contributed by atoms with Crippen LogP contribution >= 0.6 is 63.7 Å². The molecule has 0 saturated carbocycles. The van der Waals surface area contributed by atoms with E-state index in [4.69, 9.17) is 14.2 Å². The van der Waals surface area contributed by atoms with Crippen LogP contribution in [-0.4, -0.2) is 48.4 Å². The second-order valence-electron chi connectivity index (χ2n) is 12.6. The topological polar surface area (TPSA) is 51.2 Å². The number of ether oxygens (including phenoxy) is 3. The van der Waals surface area contributed by atoms with Gasteiger partial charge in [-0.3, -0.25) is 0 Å². The van der Waals surface area contributed by atoms with Gasteiger partial charge in [-0.1, -0.05) is 60.7 Å². The maximum atomic E-state index is 14.3. The summed E-state index contributed by atoms with van der Waals surface area (Å²) in [4.78, 5) is 18.5. The average Bonchev–Trinajstić information content (AvgIpc) is 3.45. The minimum atomic E-state index is -1.43. The Labute approximate surface area is 338 Å². The molecule has 52 heavy (non-hydrogen) atoms. The molecule has 10 heteroatoms. The van der Waals surface area contributed by atoms with E-state index in [1.807, 2.05) is 101 Å². The summed E-state index contributed by atoms with van der Waals surface area (Å²) in [7, 11) is 11.4. The third-order valence-electron chi connectivity index (χ3n) is 9.00. The van der Waals surface area contributed by atoms with E-state index in [9.17, 15) is 4.79 Å². The van der Waals surface area contributed by atoms with Crippen molar-refractivity contribution in [2.24, 2.45) is 0 Å². The fraction of sp³-hybridized carbons (Fsp3) is 0.167. The van der Waals surface area contributed by atoms with Gasteiger partial charge in [0.05, 0.1) is 19.8 Å². The van der Waals surface area contributed by atoms with Crippen molar-refractivity contribution in [3.8, 4) is 11.5 Å². The van der Waals surface area contributed by atoms with Crippen LogP contribution in [0.3, 0.4) is 0 Å². The number of esters is 1. The van der Waals surface area contributed by atoms with Gasteiger partial charge in [0.1, 0.15) is 11.5 Å². The van der Waals surface area contributed by atoms with Crippen molar-refractivity contribution in [3.05, 3.63) is 160 Å². The lowest BCUT2D eigenvalue weighted by molar-refractivity contribution is 0.0298. The number of hydrogen-bond donors (Lipinski definition) is 0. The molecule has 0 aromatic heterocycles. The van der Waals surface area contributed by atoms with Crippen LogP contribution in [0.15, 0.2) is 127 Å². The maximum Gasteiger partial charge on any atom is 0.341 e. The first kappa shape index (κ1) is 37.9. The van der Waals surface area contributed by atoms with Gasteiger partial charge in [0, 0.05) is 74.1 Å². The van der Waals surface area contributed by atoms with E-state index in [0.29, 0.717) is 24.5 Å². The first-order valence-corrected chi connectivity index (χ1v) is 19.5. The minimum absolute atomic E-state index is 0.416. The molecule has 1 aliphatic heterocycles. The van der Waals surface area contributed by atoms with Crippen molar-refractivity contribution in [2.75, 3.05) is 52.2 Å². The van der Waals surface area contributed by atoms with Crippen molar-refractivity contribution in [1.29, 1.82) is 0 Å². The second kappa shape index (κ2) is 15.6. The number of benzene rings is 5. The van der Waals surface area contributed by atoms with E-state index in [0.717, 1.165) is 60.7 Å². The van der Waals surface area contributed by atoms with Crippen molar-refractivity contribution in [1.82, 2.24) is 0 Å². The minimum Gasteiger partial charge on any atom is -0.497 e. The van der Waals surface area contributed by atoms with E-state index in [-0.39, 0.29) is 0 Å². The highest BCUT2D eigenvalue weighted by Crippen LogP contribution is 2.54. The van der Waals surface area contributed by atoms with Crippen molar-refractivity contribution >= 4 is 92.2 Å². The highest BCUT2D eigenvalue weighted by molar-refractivity contribution is 9.15. The number of hydrogen-bond acceptors (Lipinski definition) is 6. The fourth-order valence-electron chi connectivity index (χ4n) is 6.48. The summed E-state index contributed by atoms with van der Waals surface area (Å²) < 4.78 is 20.5. The third kappa shape index (κ3) is 7.10. The Balaban J connectivity index is 1.81. The Bertz CT molecular complexity index is 2100. The molecule has 6 nitrogen and oxygen atoms in total. The van der Waals surface area contributed by atoms with Crippen molar-refractivity contribution in [3.63, 3.8) is 0 Å². The summed E-state index contributed by atoms with van der Waals surface area (Å²) in [5.41, 5.74) is 7.11. The molecule has 266 valence electrons. The molecule has 0 spiro atoms. The Morgan fingerprint density at radius 3 is 1.40 bits per heavy atom. The van der Waals surface area contributed by atoms with E-state index in [1.165, 1.54) is 0 Å². The summed E-state index contributed by atoms with van der Waals surface area (Å²) in [5, 5.41) is 0. The molecule has 1 aliphatic rings. The molecule has 0 N–H and O–H groups in total. The standard InChI is InChI=1S/C42H36Br4N2O4/c1-47(2)33-13-9-7-11-29(33)31(25-15-19-27(50-5)20-16-25)23-42(36-35(41(49)52-42)37(43)39(45)40(46)38(36)44)24-32(26-17-21-28(51-6)22-18-26)30-12-8-10-14-34(30)48(3)4/h7-24H,1-6H3/b31-23+,32-24+. The van der Waals surface area contributed by atoms with Gasteiger partial charge < -0.3 is 24.0 Å². The van der Waals surface area contributed by atoms with E-state index in [1.54, 1.807) is 14.2 Å². The van der Waals surface area contributed by atoms with Gasteiger partial charge in [-0.05, 0) is 135 Å². The zero-order valence-corrected chi connectivity index (χ0v) is 35.8. The van der Waals surface area contributed by atoms with Gasteiger partial charge in [-0.25, -0.2) is 4.79 Å². The molecule has 0 unspecified atom stereocenters. The number of nitrogens with zero attached hydrogens (tertiary/aromatic N) is 2. The summed E-state index contributed by atoms with van der Waals surface area (Å²) in [5.74, 6) is 1.01. The molecular weight excluding hydrogens is 916 g/mol. The van der Waals surface area contributed by atoms with Gasteiger partial charge in [-0.2, -0.15) is 0 Å². The summed E-state index contributed by atoms with van der Waals surface area (Å²) in [6.45, 7) is 0. The Morgan fingerprint density at radius 1 is 0.596 bits per heavy atom. The lowest BCUT2D eigenvalue weighted by Crippen LogP contribution is -2.24. The number of para-hydroxylation sites is 2. The van der Waals surface area contributed by atoms with Crippen LogP contribution in [0.1, 0.15) is 38.2 Å². The lowest BCUT2D eigenvalue weighted by Gasteiger charge is -2.29. The number of anilines is 2. The molecule has 5 aromatic rings. The normalized spacial score (nSPS) is 13.8. The largest absolute Gasteiger partial charge is 0.497 e. The number of methoxy groups -OCH3 is 2. The highest BCUT2D eigenvalue weighted by atomic mass is 79.9. The Hall–Kier alpha value is -3.83. The summed E-state index contributed by atoms with van der Waals surface area (Å²) in [6.07, 6.45) is 4.14. The van der Waals surface area contributed by atoms with Gasteiger partial charge in [0.2, 0.25) is 0 Å². The zero-order valence-electron chi connectivity index (χ0n) is 29.4. The maximum absolute atomic E-state index is 14.3. The number of carbonyl (C=O) groups is 1. The average molecular weight is 952 g/mol. The summed E-state index contributed by atoms with van der Waals surface area (Å²) >= 11 is 15.1. The van der Waals surface area contributed by atoms with Crippen molar-refractivity contribution < 1.29 is 19.0 Å². The molecule has 0 amide bonds.